The predicted octanol–water partition coefficient (Wildman–Crippen LogP) is 2.47. The number of nitrogens with zero attached hydrogens (tertiary/aromatic N) is 4. The van der Waals surface area contributed by atoms with E-state index in [9.17, 15) is 4.79 Å². The smallest absolute Gasteiger partial charge is 0.254 e. The molecule has 2 atom stereocenters. The monoisotopic (exact) mass is 421 g/mol. The van der Waals surface area contributed by atoms with Gasteiger partial charge in [-0.05, 0) is 51.0 Å². The number of carbonyl (C=O) groups is 1. The third-order valence-electron chi connectivity index (χ3n) is 5.71. The fraction of sp³-hybridized carbons (Fsp3) is 0.478. The van der Waals surface area contributed by atoms with Gasteiger partial charge < -0.3 is 19.7 Å². The Hall–Kier alpha value is -3.02. The molecule has 8 heteroatoms. The lowest BCUT2D eigenvalue weighted by Crippen LogP contribution is -2.47. The molecule has 0 saturated carbocycles. The van der Waals surface area contributed by atoms with Gasteiger partial charge in [0.1, 0.15) is 17.5 Å². The van der Waals surface area contributed by atoms with Crippen molar-refractivity contribution in [1.29, 1.82) is 5.26 Å². The van der Waals surface area contributed by atoms with Gasteiger partial charge in [-0.1, -0.05) is 0 Å². The minimum atomic E-state index is -0.492. The zero-order valence-corrected chi connectivity index (χ0v) is 17.9. The van der Waals surface area contributed by atoms with E-state index in [-0.39, 0.29) is 12.0 Å². The summed E-state index contributed by atoms with van der Waals surface area (Å²) in [4.78, 5) is 23.6. The van der Waals surface area contributed by atoms with Gasteiger partial charge in [0.05, 0.1) is 31.4 Å². The van der Waals surface area contributed by atoms with Crippen molar-refractivity contribution in [1.82, 2.24) is 14.9 Å². The van der Waals surface area contributed by atoms with E-state index in [1.807, 2.05) is 30.9 Å². The van der Waals surface area contributed by atoms with Gasteiger partial charge in [-0.25, -0.2) is 4.98 Å². The van der Waals surface area contributed by atoms with Gasteiger partial charge in [0.25, 0.3) is 5.91 Å². The Morgan fingerprint density at radius 1 is 1.35 bits per heavy atom. The van der Waals surface area contributed by atoms with Crippen LogP contribution >= 0.6 is 0 Å². The summed E-state index contributed by atoms with van der Waals surface area (Å²) < 4.78 is 12.3. The molecule has 0 unspecified atom stereocenters. The lowest BCUT2D eigenvalue weighted by Gasteiger charge is -2.32. The molecular formula is C23H27N5O3. The Morgan fingerprint density at radius 3 is 2.87 bits per heavy atom. The first-order valence-electron chi connectivity index (χ1n) is 10.6. The molecule has 1 amide bonds. The van der Waals surface area contributed by atoms with E-state index < -0.39 is 5.60 Å². The zero-order chi connectivity index (χ0) is 21.8. The maximum Gasteiger partial charge on any atom is 0.254 e. The molecule has 2 aliphatic heterocycles. The molecule has 2 aromatic rings. The van der Waals surface area contributed by atoms with Gasteiger partial charge in [-0.2, -0.15) is 5.26 Å². The number of amides is 1. The first-order valence-corrected chi connectivity index (χ1v) is 10.6. The summed E-state index contributed by atoms with van der Waals surface area (Å²) in [6.45, 7) is 6.45. The van der Waals surface area contributed by atoms with Gasteiger partial charge in [-0.3, -0.25) is 9.78 Å². The van der Waals surface area contributed by atoms with Crippen LogP contribution in [0.15, 0.2) is 30.5 Å². The number of nitriles is 1. The average Bonchev–Trinajstić information content (AvgIpc) is 3.04. The van der Waals surface area contributed by atoms with Gasteiger partial charge in [0.15, 0.2) is 0 Å². The number of anilines is 1. The van der Waals surface area contributed by atoms with Crippen molar-refractivity contribution in [3.63, 3.8) is 0 Å². The predicted molar refractivity (Wildman–Crippen MR) is 115 cm³/mol. The highest BCUT2D eigenvalue weighted by Crippen LogP contribution is 2.33. The van der Waals surface area contributed by atoms with Gasteiger partial charge in [0, 0.05) is 36.2 Å². The molecule has 0 aromatic carbocycles. The lowest BCUT2D eigenvalue weighted by atomic mass is 9.99. The van der Waals surface area contributed by atoms with Crippen LogP contribution in [-0.2, 0) is 9.47 Å². The van der Waals surface area contributed by atoms with E-state index in [1.54, 1.807) is 18.3 Å². The summed E-state index contributed by atoms with van der Waals surface area (Å²) in [6.07, 6.45) is 3.26. The van der Waals surface area contributed by atoms with Crippen molar-refractivity contribution in [3.8, 4) is 6.07 Å². The highest BCUT2D eigenvalue weighted by molar-refractivity contribution is 5.94. The number of carbonyl (C=O) groups excluding carboxylic acids is 1. The molecule has 1 spiro atoms. The van der Waals surface area contributed by atoms with Crippen molar-refractivity contribution in [3.05, 3.63) is 53.0 Å². The van der Waals surface area contributed by atoms with Crippen LogP contribution in [0.5, 0.6) is 0 Å². The van der Waals surface area contributed by atoms with Gasteiger partial charge in [0.2, 0.25) is 0 Å². The Labute approximate surface area is 182 Å². The number of hydrogen-bond donors (Lipinski definition) is 1. The number of aryl methyl sites for hydroxylation is 2. The molecule has 2 aromatic heterocycles. The zero-order valence-electron chi connectivity index (χ0n) is 17.9. The molecule has 4 heterocycles. The van der Waals surface area contributed by atoms with Crippen LogP contribution in [0.2, 0.25) is 0 Å². The number of pyridine rings is 2. The highest BCUT2D eigenvalue weighted by Gasteiger charge is 2.44. The number of hydrogen-bond acceptors (Lipinski definition) is 7. The van der Waals surface area contributed by atoms with Crippen molar-refractivity contribution >= 4 is 11.7 Å². The fourth-order valence-corrected chi connectivity index (χ4v) is 4.26. The first-order chi connectivity index (χ1) is 15.0. The van der Waals surface area contributed by atoms with Gasteiger partial charge in [-0.15, -0.1) is 0 Å². The SMILES string of the molecule is Cc1cc(C(=O)N2CCOC[C@]3(CC[C@@H](CNc4ccc(C#N)cn4)O3)C2)cc(C)n1. The molecule has 2 aliphatic rings. The Bertz CT molecular complexity index is 967. The molecule has 4 rings (SSSR count). The standard InChI is InChI=1S/C23H27N5O3/c1-16-9-19(10-17(2)27-16)22(29)28-7-8-30-15-23(14-28)6-5-20(31-23)13-26-21-4-3-18(11-24)12-25-21/h3-4,9-10,12,20H,5-8,13-15H2,1-2H3,(H,25,26)/t20-,23-/m0/s1. The van der Waals surface area contributed by atoms with Crippen LogP contribution in [0.3, 0.4) is 0 Å². The number of rotatable bonds is 4. The van der Waals surface area contributed by atoms with Gasteiger partial charge >= 0.3 is 0 Å². The molecule has 0 aliphatic carbocycles. The topological polar surface area (TPSA) is 100 Å². The second-order valence-electron chi connectivity index (χ2n) is 8.30. The minimum Gasteiger partial charge on any atom is -0.377 e. The third kappa shape index (κ3) is 5.01. The van der Waals surface area contributed by atoms with Crippen molar-refractivity contribution in [2.45, 2.75) is 38.4 Å². The summed E-state index contributed by atoms with van der Waals surface area (Å²) in [5.74, 6) is 0.700. The van der Waals surface area contributed by atoms with Crippen molar-refractivity contribution in [2.75, 3.05) is 38.2 Å². The highest BCUT2D eigenvalue weighted by atomic mass is 16.6. The van der Waals surface area contributed by atoms with Crippen LogP contribution in [0, 0.1) is 25.2 Å². The minimum absolute atomic E-state index is 0.00140. The van der Waals surface area contributed by atoms with Crippen LogP contribution in [0.1, 0.15) is 40.2 Å². The number of aromatic nitrogens is 2. The van der Waals surface area contributed by atoms with E-state index in [1.165, 1.54) is 0 Å². The van der Waals surface area contributed by atoms with Crippen molar-refractivity contribution < 1.29 is 14.3 Å². The summed E-state index contributed by atoms with van der Waals surface area (Å²) >= 11 is 0. The number of ether oxygens (including phenoxy) is 2. The summed E-state index contributed by atoms with van der Waals surface area (Å²) in [7, 11) is 0. The summed E-state index contributed by atoms with van der Waals surface area (Å²) in [5, 5.41) is 12.2. The van der Waals surface area contributed by atoms with Crippen LogP contribution in [0.4, 0.5) is 5.82 Å². The maximum atomic E-state index is 13.2. The third-order valence-corrected chi connectivity index (χ3v) is 5.71. The van der Waals surface area contributed by atoms with E-state index in [2.05, 4.69) is 21.4 Å². The van der Waals surface area contributed by atoms with E-state index >= 15 is 0 Å². The van der Waals surface area contributed by atoms with Crippen molar-refractivity contribution in [2.24, 2.45) is 0 Å². The quantitative estimate of drug-likeness (QED) is 0.809. The fourth-order valence-electron chi connectivity index (χ4n) is 4.26. The van der Waals surface area contributed by atoms with Crippen LogP contribution in [-0.4, -0.2) is 65.3 Å². The molecule has 1 N–H and O–H groups in total. The molecule has 2 saturated heterocycles. The second kappa shape index (κ2) is 9.00. The lowest BCUT2D eigenvalue weighted by molar-refractivity contribution is -0.0802. The summed E-state index contributed by atoms with van der Waals surface area (Å²) in [6, 6.07) is 9.25. The van der Waals surface area contributed by atoms with Crippen LogP contribution < -0.4 is 5.32 Å². The molecule has 0 bridgehead atoms. The first kappa shape index (κ1) is 21.2. The summed E-state index contributed by atoms with van der Waals surface area (Å²) in [5.41, 5.74) is 2.37. The van der Waals surface area contributed by atoms with E-state index in [4.69, 9.17) is 14.7 Å². The second-order valence-corrected chi connectivity index (χ2v) is 8.30. The van der Waals surface area contributed by atoms with E-state index in [0.717, 1.165) is 24.2 Å². The Morgan fingerprint density at radius 2 is 2.16 bits per heavy atom. The van der Waals surface area contributed by atoms with E-state index in [0.29, 0.717) is 49.8 Å². The average molecular weight is 422 g/mol. The Balaban J connectivity index is 1.40. The maximum absolute atomic E-state index is 13.2. The van der Waals surface area contributed by atoms with Crippen LogP contribution in [0.25, 0.3) is 0 Å². The molecule has 0 radical (unpaired) electrons. The molecule has 162 valence electrons. The number of nitrogens with one attached hydrogen (secondary N) is 1. The molecule has 8 nitrogen and oxygen atoms in total. The largest absolute Gasteiger partial charge is 0.377 e. The molecule has 31 heavy (non-hydrogen) atoms. The Kier molecular flexibility index (Phi) is 6.16. The normalized spacial score (nSPS) is 23.4. The molecule has 2 fully saturated rings. The molecular weight excluding hydrogens is 394 g/mol.